The van der Waals surface area contributed by atoms with Gasteiger partial charge in [0.2, 0.25) is 11.8 Å². The average Bonchev–Trinajstić information content (AvgIpc) is 2.39. The van der Waals surface area contributed by atoms with Crippen molar-refractivity contribution in [3.63, 3.8) is 0 Å². The summed E-state index contributed by atoms with van der Waals surface area (Å²) < 4.78 is 0. The van der Waals surface area contributed by atoms with Crippen molar-refractivity contribution in [2.75, 3.05) is 25.0 Å². The minimum Gasteiger partial charge on any atom is -0.356 e. The summed E-state index contributed by atoms with van der Waals surface area (Å²) in [5.74, 6) is -0.0650. The van der Waals surface area contributed by atoms with Gasteiger partial charge in [0.15, 0.2) is 0 Å². The lowest BCUT2D eigenvalue weighted by Crippen LogP contribution is -2.27. The van der Waals surface area contributed by atoms with E-state index >= 15 is 0 Å². The van der Waals surface area contributed by atoms with Crippen molar-refractivity contribution in [3.05, 3.63) is 29.8 Å². The molecule has 0 heterocycles. The molecule has 3 N–H and O–H groups in total. The Morgan fingerprint density at radius 2 is 1.68 bits per heavy atom. The zero-order chi connectivity index (χ0) is 14.1. The molecule has 2 amide bonds. The largest absolute Gasteiger partial charge is 0.356 e. The van der Waals surface area contributed by atoms with Gasteiger partial charge < -0.3 is 16.0 Å². The van der Waals surface area contributed by atoms with Crippen LogP contribution in [-0.4, -0.2) is 31.4 Å². The number of hydrogen-bond donors (Lipinski definition) is 3. The summed E-state index contributed by atoms with van der Waals surface area (Å²) in [4.78, 5) is 22.9. The van der Waals surface area contributed by atoms with Crippen LogP contribution in [0.15, 0.2) is 24.3 Å². The maximum atomic E-state index is 11.5. The van der Waals surface area contributed by atoms with Crippen LogP contribution in [0.1, 0.15) is 19.4 Å². The van der Waals surface area contributed by atoms with E-state index in [2.05, 4.69) is 16.0 Å². The van der Waals surface area contributed by atoms with Gasteiger partial charge in [-0.1, -0.05) is 19.1 Å². The summed E-state index contributed by atoms with van der Waals surface area (Å²) >= 11 is 0. The van der Waals surface area contributed by atoms with Crippen molar-refractivity contribution < 1.29 is 9.59 Å². The summed E-state index contributed by atoms with van der Waals surface area (Å²) in [6.45, 7) is 5.54. The summed E-state index contributed by atoms with van der Waals surface area (Å²) in [6, 6.07) is 7.30. The molecule has 0 aliphatic heterocycles. The van der Waals surface area contributed by atoms with Crippen LogP contribution in [0.2, 0.25) is 0 Å². The molecule has 0 aliphatic carbocycles. The smallest absolute Gasteiger partial charge is 0.238 e. The highest BCUT2D eigenvalue weighted by Crippen LogP contribution is 2.09. The molecule has 0 spiro atoms. The number of hydrogen-bond acceptors (Lipinski definition) is 3. The number of carbonyl (C=O) groups is 2. The van der Waals surface area contributed by atoms with Gasteiger partial charge in [0, 0.05) is 12.2 Å². The number of likely N-dealkylation sites (N-methyl/N-ethyl adjacent to an activating group) is 2. The summed E-state index contributed by atoms with van der Waals surface area (Å²) in [5, 5.41) is 8.48. The van der Waals surface area contributed by atoms with E-state index in [1.54, 1.807) is 12.1 Å². The Morgan fingerprint density at radius 3 is 2.26 bits per heavy atom. The Hall–Kier alpha value is -1.88. The molecule has 1 aromatic rings. The third-order valence-electron chi connectivity index (χ3n) is 2.51. The number of carbonyl (C=O) groups excluding carboxylic acids is 2. The van der Waals surface area contributed by atoms with E-state index in [9.17, 15) is 9.59 Å². The van der Waals surface area contributed by atoms with Gasteiger partial charge in [-0.05, 0) is 31.2 Å². The molecule has 0 unspecified atom stereocenters. The molecular formula is C14H21N3O2. The van der Waals surface area contributed by atoms with Crippen LogP contribution >= 0.6 is 0 Å². The van der Waals surface area contributed by atoms with Gasteiger partial charge in [-0.3, -0.25) is 9.59 Å². The average molecular weight is 263 g/mol. The lowest BCUT2D eigenvalue weighted by Gasteiger charge is -2.07. The highest BCUT2D eigenvalue weighted by atomic mass is 16.2. The predicted molar refractivity (Wildman–Crippen MR) is 76.0 cm³/mol. The molecule has 1 rings (SSSR count). The van der Waals surface area contributed by atoms with Crippen molar-refractivity contribution in [1.82, 2.24) is 10.6 Å². The molecule has 0 saturated carbocycles. The number of benzene rings is 1. The molecule has 104 valence electrons. The van der Waals surface area contributed by atoms with Crippen LogP contribution in [0.4, 0.5) is 5.69 Å². The fourth-order valence-corrected chi connectivity index (χ4v) is 1.59. The first-order valence-electron chi connectivity index (χ1n) is 6.52. The van der Waals surface area contributed by atoms with Gasteiger partial charge in [0.05, 0.1) is 13.0 Å². The summed E-state index contributed by atoms with van der Waals surface area (Å²) in [7, 11) is 0. The second-order valence-electron chi connectivity index (χ2n) is 4.16. The first-order chi connectivity index (χ1) is 9.15. The molecule has 0 radical (unpaired) electrons. The van der Waals surface area contributed by atoms with E-state index < -0.39 is 0 Å². The van der Waals surface area contributed by atoms with Crippen LogP contribution in [0, 0.1) is 0 Å². The van der Waals surface area contributed by atoms with Crippen LogP contribution in [0.25, 0.3) is 0 Å². The highest BCUT2D eigenvalue weighted by Gasteiger charge is 2.03. The van der Waals surface area contributed by atoms with Gasteiger partial charge in [-0.15, -0.1) is 0 Å². The molecule has 1 aromatic carbocycles. The molecule has 5 heteroatoms. The topological polar surface area (TPSA) is 70.2 Å². The molecule has 0 aliphatic rings. The van der Waals surface area contributed by atoms with Crippen molar-refractivity contribution >= 4 is 17.5 Å². The fraction of sp³-hybridized carbons (Fsp3) is 0.429. The van der Waals surface area contributed by atoms with E-state index in [4.69, 9.17) is 0 Å². The molecular weight excluding hydrogens is 242 g/mol. The van der Waals surface area contributed by atoms with Crippen molar-refractivity contribution in [1.29, 1.82) is 0 Å². The van der Waals surface area contributed by atoms with E-state index in [0.717, 1.165) is 17.8 Å². The normalized spacial score (nSPS) is 10.0. The SMILES string of the molecule is CCNCC(=O)Nc1ccc(CC(=O)NCC)cc1. The van der Waals surface area contributed by atoms with Gasteiger partial charge in [0.25, 0.3) is 0 Å². The van der Waals surface area contributed by atoms with E-state index in [0.29, 0.717) is 19.5 Å². The minimum atomic E-state index is -0.0710. The number of amides is 2. The Balaban J connectivity index is 2.47. The maximum absolute atomic E-state index is 11.5. The number of nitrogens with one attached hydrogen (secondary N) is 3. The van der Waals surface area contributed by atoms with Crippen LogP contribution in [-0.2, 0) is 16.0 Å². The lowest BCUT2D eigenvalue weighted by atomic mass is 10.1. The van der Waals surface area contributed by atoms with E-state index in [1.807, 2.05) is 26.0 Å². The Morgan fingerprint density at radius 1 is 1.00 bits per heavy atom. The Labute approximate surface area is 113 Å². The first-order valence-corrected chi connectivity index (χ1v) is 6.52. The van der Waals surface area contributed by atoms with Gasteiger partial charge in [-0.2, -0.15) is 0 Å². The minimum absolute atomic E-state index is 0.00595. The van der Waals surface area contributed by atoms with Gasteiger partial charge in [-0.25, -0.2) is 0 Å². The molecule has 19 heavy (non-hydrogen) atoms. The third kappa shape index (κ3) is 6.01. The van der Waals surface area contributed by atoms with Crippen molar-refractivity contribution in [3.8, 4) is 0 Å². The van der Waals surface area contributed by atoms with Gasteiger partial charge >= 0.3 is 0 Å². The molecule has 5 nitrogen and oxygen atoms in total. The molecule has 0 fully saturated rings. The van der Waals surface area contributed by atoms with Crippen molar-refractivity contribution in [2.24, 2.45) is 0 Å². The monoisotopic (exact) mass is 263 g/mol. The standard InChI is InChI=1S/C14H21N3O2/c1-3-15-10-14(19)17-12-7-5-11(6-8-12)9-13(18)16-4-2/h5-8,15H,3-4,9-10H2,1-2H3,(H,16,18)(H,17,19). The van der Waals surface area contributed by atoms with E-state index in [1.165, 1.54) is 0 Å². The number of anilines is 1. The van der Waals surface area contributed by atoms with Crippen LogP contribution in [0.5, 0.6) is 0 Å². The van der Waals surface area contributed by atoms with Gasteiger partial charge in [0.1, 0.15) is 0 Å². The second-order valence-corrected chi connectivity index (χ2v) is 4.16. The maximum Gasteiger partial charge on any atom is 0.238 e. The molecule has 0 saturated heterocycles. The van der Waals surface area contributed by atoms with Crippen LogP contribution < -0.4 is 16.0 Å². The van der Waals surface area contributed by atoms with Crippen LogP contribution in [0.3, 0.4) is 0 Å². The first kappa shape index (κ1) is 15.2. The lowest BCUT2D eigenvalue weighted by molar-refractivity contribution is -0.120. The molecule has 0 atom stereocenters. The highest BCUT2D eigenvalue weighted by molar-refractivity contribution is 5.92. The van der Waals surface area contributed by atoms with Crippen molar-refractivity contribution in [2.45, 2.75) is 20.3 Å². The Kier molecular flexibility index (Phi) is 6.60. The molecule has 0 bridgehead atoms. The molecule has 0 aromatic heterocycles. The quantitative estimate of drug-likeness (QED) is 0.685. The predicted octanol–water partition coefficient (Wildman–Crippen LogP) is 0.913. The summed E-state index contributed by atoms with van der Waals surface area (Å²) in [6.07, 6.45) is 0.361. The van der Waals surface area contributed by atoms with E-state index in [-0.39, 0.29) is 11.8 Å². The second kappa shape index (κ2) is 8.26. The third-order valence-corrected chi connectivity index (χ3v) is 2.51. The zero-order valence-corrected chi connectivity index (χ0v) is 11.5. The number of rotatable bonds is 7. The Bertz CT molecular complexity index is 415. The fourth-order valence-electron chi connectivity index (χ4n) is 1.59. The zero-order valence-electron chi connectivity index (χ0n) is 11.5. The summed E-state index contributed by atoms with van der Waals surface area (Å²) in [5.41, 5.74) is 1.66.